The molecule has 2 atom stereocenters. The van der Waals surface area contributed by atoms with Crippen LogP contribution in [0, 0.1) is 17.3 Å². The fraction of sp³-hybridized carbons (Fsp3) is 0.700. The molecule has 1 aromatic rings. The summed E-state index contributed by atoms with van der Waals surface area (Å²) in [4.78, 5) is 20.1. The van der Waals surface area contributed by atoms with Crippen LogP contribution in [0.4, 0.5) is 11.5 Å². The fourth-order valence-corrected chi connectivity index (χ4v) is 7.73. The Balaban J connectivity index is 1.32. The summed E-state index contributed by atoms with van der Waals surface area (Å²) in [5.74, 6) is 2.70. The molecule has 134 valence electrons. The molecule has 4 bridgehead atoms. The van der Waals surface area contributed by atoms with Crippen LogP contribution in [-0.4, -0.2) is 28.3 Å². The predicted molar refractivity (Wildman–Crippen MR) is 103 cm³/mol. The average molecular weight is 404 g/mol. The molecule has 4 aliphatic carbocycles. The monoisotopic (exact) mass is 403 g/mol. The van der Waals surface area contributed by atoms with E-state index in [9.17, 15) is 4.79 Å². The maximum absolute atomic E-state index is 13.2. The summed E-state index contributed by atoms with van der Waals surface area (Å²) in [7, 11) is 0. The van der Waals surface area contributed by atoms with E-state index in [2.05, 4.69) is 31.1 Å². The van der Waals surface area contributed by atoms with E-state index in [0.29, 0.717) is 0 Å². The van der Waals surface area contributed by atoms with Crippen LogP contribution < -0.4 is 10.2 Å². The van der Waals surface area contributed by atoms with E-state index in [4.69, 9.17) is 0 Å². The Hall–Kier alpha value is -1.10. The largest absolute Gasteiger partial charge is 0.357 e. The highest BCUT2D eigenvalue weighted by Crippen LogP contribution is 2.64. The number of hydrogen-bond acceptors (Lipinski definition) is 3. The minimum Gasteiger partial charge on any atom is -0.357 e. The summed E-state index contributed by atoms with van der Waals surface area (Å²) in [6, 6.07) is 4.07. The quantitative estimate of drug-likeness (QED) is 0.762. The number of carbonyl (C=O) groups is 1. The van der Waals surface area contributed by atoms with E-state index < -0.39 is 0 Å². The third-order valence-corrected chi connectivity index (χ3v) is 7.84. The minimum atomic E-state index is -0.165. The first-order chi connectivity index (χ1) is 12.0. The molecule has 5 heteroatoms. The first-order valence-corrected chi connectivity index (χ1v) is 10.5. The molecule has 0 radical (unpaired) electrons. The lowest BCUT2D eigenvalue weighted by molar-refractivity contribution is -0.138. The molecule has 4 saturated carbocycles. The molecule has 1 saturated heterocycles. The van der Waals surface area contributed by atoms with Crippen LogP contribution in [0.25, 0.3) is 0 Å². The van der Waals surface area contributed by atoms with E-state index in [1.54, 1.807) is 0 Å². The van der Waals surface area contributed by atoms with Crippen LogP contribution in [-0.2, 0) is 4.79 Å². The first-order valence-electron chi connectivity index (χ1n) is 9.75. The van der Waals surface area contributed by atoms with Gasteiger partial charge in [-0.05, 0) is 75.3 Å². The zero-order valence-electron chi connectivity index (χ0n) is 14.6. The third kappa shape index (κ3) is 2.79. The lowest BCUT2D eigenvalue weighted by Gasteiger charge is -2.59. The van der Waals surface area contributed by atoms with E-state index in [1.165, 1.54) is 32.1 Å². The predicted octanol–water partition coefficient (Wildman–Crippen LogP) is 4.35. The van der Waals surface area contributed by atoms with Crippen LogP contribution in [0.2, 0.25) is 0 Å². The van der Waals surface area contributed by atoms with E-state index in [1.807, 2.05) is 18.3 Å². The molecule has 1 amide bonds. The van der Waals surface area contributed by atoms with Crippen molar-refractivity contribution in [1.29, 1.82) is 0 Å². The molecule has 2 heterocycles. The van der Waals surface area contributed by atoms with E-state index in [-0.39, 0.29) is 15.6 Å². The molecule has 1 aliphatic heterocycles. The Labute approximate surface area is 157 Å². The van der Waals surface area contributed by atoms with Gasteiger partial charge >= 0.3 is 0 Å². The number of aromatic nitrogens is 1. The van der Waals surface area contributed by atoms with Gasteiger partial charge < -0.3 is 10.2 Å². The molecular weight excluding hydrogens is 378 g/mol. The van der Waals surface area contributed by atoms with Crippen molar-refractivity contribution in [2.75, 3.05) is 23.3 Å². The highest BCUT2D eigenvalue weighted by atomic mass is 79.9. The molecule has 25 heavy (non-hydrogen) atoms. The van der Waals surface area contributed by atoms with Crippen molar-refractivity contribution < 1.29 is 4.79 Å². The Morgan fingerprint density at radius 1 is 1.16 bits per heavy atom. The van der Waals surface area contributed by atoms with Gasteiger partial charge in [-0.1, -0.05) is 15.9 Å². The molecule has 0 aromatic carbocycles. The van der Waals surface area contributed by atoms with Crippen molar-refractivity contribution in [1.82, 2.24) is 4.98 Å². The van der Waals surface area contributed by atoms with Gasteiger partial charge in [-0.15, -0.1) is 0 Å². The number of nitrogens with one attached hydrogen (secondary N) is 1. The Morgan fingerprint density at radius 2 is 1.88 bits per heavy atom. The van der Waals surface area contributed by atoms with Gasteiger partial charge in [-0.3, -0.25) is 4.79 Å². The van der Waals surface area contributed by atoms with Crippen molar-refractivity contribution in [3.8, 4) is 0 Å². The van der Waals surface area contributed by atoms with Gasteiger partial charge in [0, 0.05) is 17.4 Å². The number of carbonyl (C=O) groups excluding carboxylic acids is 1. The molecule has 2 unspecified atom stereocenters. The van der Waals surface area contributed by atoms with Crippen molar-refractivity contribution in [2.24, 2.45) is 17.3 Å². The van der Waals surface area contributed by atoms with Gasteiger partial charge in [0.05, 0.1) is 17.3 Å². The maximum Gasteiger partial charge on any atom is 0.230 e. The summed E-state index contributed by atoms with van der Waals surface area (Å²) >= 11 is 4.00. The van der Waals surface area contributed by atoms with Crippen molar-refractivity contribution in [3.05, 3.63) is 18.3 Å². The van der Waals surface area contributed by atoms with E-state index in [0.717, 1.165) is 55.7 Å². The van der Waals surface area contributed by atoms with Crippen molar-refractivity contribution >= 4 is 33.3 Å². The minimum absolute atomic E-state index is 0.165. The highest BCUT2D eigenvalue weighted by molar-refractivity contribution is 9.10. The normalized spacial score (nSPS) is 39.0. The number of anilines is 2. The molecular formula is C20H26BrN3O. The summed E-state index contributed by atoms with van der Waals surface area (Å²) in [6.07, 6.45) is 11.3. The zero-order valence-corrected chi connectivity index (χ0v) is 16.2. The lowest BCUT2D eigenvalue weighted by atomic mass is 9.49. The smallest absolute Gasteiger partial charge is 0.230 e. The number of amides is 1. The topological polar surface area (TPSA) is 45.2 Å². The van der Waals surface area contributed by atoms with Gasteiger partial charge in [0.15, 0.2) is 0 Å². The van der Waals surface area contributed by atoms with Crippen LogP contribution in [0.5, 0.6) is 0 Å². The summed E-state index contributed by atoms with van der Waals surface area (Å²) in [5, 5.41) is 3.19. The lowest BCUT2D eigenvalue weighted by Crippen LogP contribution is -2.57. The number of nitrogens with zero attached hydrogens (tertiary/aromatic N) is 2. The standard InChI is InChI=1S/C20H26BrN3O/c21-20-10-14-7-15(11-20)9-19(8-14,13-20)18(25)23-16-3-4-17(22-12-16)24-5-1-2-6-24/h3-4,12,14-15H,1-2,5-11,13H2,(H,23,25). The van der Waals surface area contributed by atoms with Crippen LogP contribution in [0.3, 0.4) is 0 Å². The van der Waals surface area contributed by atoms with Crippen molar-refractivity contribution in [3.63, 3.8) is 0 Å². The molecule has 6 rings (SSSR count). The first kappa shape index (κ1) is 16.1. The van der Waals surface area contributed by atoms with Crippen LogP contribution >= 0.6 is 15.9 Å². The van der Waals surface area contributed by atoms with Gasteiger partial charge in [0.25, 0.3) is 0 Å². The fourth-order valence-electron chi connectivity index (χ4n) is 6.27. The zero-order chi connectivity index (χ0) is 17.1. The van der Waals surface area contributed by atoms with Gasteiger partial charge in [0.1, 0.15) is 5.82 Å². The molecule has 1 N–H and O–H groups in total. The highest BCUT2D eigenvalue weighted by Gasteiger charge is 2.59. The summed E-state index contributed by atoms with van der Waals surface area (Å²) in [5.41, 5.74) is 0.675. The SMILES string of the molecule is O=C(Nc1ccc(N2CCCC2)nc1)C12CC3CC(CC(Br)(C3)C1)C2. The maximum atomic E-state index is 13.2. The van der Waals surface area contributed by atoms with Crippen LogP contribution in [0.15, 0.2) is 18.3 Å². The molecule has 5 aliphatic rings. The second kappa shape index (κ2) is 5.70. The summed E-state index contributed by atoms with van der Waals surface area (Å²) < 4.78 is 0.215. The summed E-state index contributed by atoms with van der Waals surface area (Å²) in [6.45, 7) is 2.19. The Kier molecular flexibility index (Phi) is 3.67. The number of hydrogen-bond donors (Lipinski definition) is 1. The second-order valence-electron chi connectivity index (χ2n) is 8.95. The average Bonchev–Trinajstić information content (AvgIpc) is 3.07. The number of alkyl halides is 1. The molecule has 4 nitrogen and oxygen atoms in total. The Bertz CT molecular complexity index is 669. The van der Waals surface area contributed by atoms with Crippen molar-refractivity contribution in [2.45, 2.75) is 55.7 Å². The molecule has 1 aromatic heterocycles. The Morgan fingerprint density at radius 3 is 2.48 bits per heavy atom. The van der Waals surface area contributed by atoms with Gasteiger partial charge in [-0.2, -0.15) is 0 Å². The number of rotatable bonds is 3. The van der Waals surface area contributed by atoms with Gasteiger partial charge in [-0.25, -0.2) is 4.98 Å². The van der Waals surface area contributed by atoms with Gasteiger partial charge in [0.2, 0.25) is 5.91 Å². The molecule has 5 fully saturated rings. The molecule has 0 spiro atoms. The second-order valence-corrected chi connectivity index (χ2v) is 10.6. The van der Waals surface area contributed by atoms with Crippen LogP contribution in [0.1, 0.15) is 51.4 Å². The third-order valence-electron chi connectivity index (χ3n) is 6.91. The number of halogens is 1. The number of pyridine rings is 1. The van der Waals surface area contributed by atoms with E-state index >= 15 is 0 Å².